The third-order valence-electron chi connectivity index (χ3n) is 7.60. The first-order chi connectivity index (χ1) is 20.8. The molecule has 0 N–H and O–H groups in total. The molecule has 0 aliphatic rings. The van der Waals surface area contributed by atoms with Gasteiger partial charge < -0.3 is 0 Å². The fraction of sp³-hybridized carbons (Fsp3) is 0. The first kappa shape index (κ1) is 25.4. The molecule has 0 bridgehead atoms. The van der Waals surface area contributed by atoms with Crippen molar-refractivity contribution < 1.29 is 0 Å². The Morgan fingerprint density at radius 2 is 0.738 bits per heavy atom. The molecule has 0 amide bonds. The Kier molecular flexibility index (Phi) is 6.94. The Morgan fingerprint density at radius 3 is 1.24 bits per heavy atom. The van der Waals surface area contributed by atoms with Crippen LogP contribution in [0.4, 0.5) is 0 Å². The maximum Gasteiger partial charge on any atom is 0.160 e. The second-order valence-electron chi connectivity index (χ2n) is 10.3. The smallest absolute Gasteiger partial charge is 0.160 e. The summed E-state index contributed by atoms with van der Waals surface area (Å²) in [5, 5.41) is 0. The van der Waals surface area contributed by atoms with E-state index >= 15 is 0 Å². The molecule has 7 aromatic rings. The SMILES string of the molecule is c1ccc(-c2ccc(-c3ccnc(-c4ccc(-c5ccccc5)cc4-c4ccccc4)n3)c(-c3ccccc3)c2)cc1. The van der Waals surface area contributed by atoms with Gasteiger partial charge in [-0.15, -0.1) is 0 Å². The second-order valence-corrected chi connectivity index (χ2v) is 10.3. The monoisotopic (exact) mass is 536 g/mol. The molecule has 0 saturated carbocycles. The van der Waals surface area contributed by atoms with Crippen LogP contribution in [0.25, 0.3) is 67.2 Å². The van der Waals surface area contributed by atoms with Crippen LogP contribution in [-0.2, 0) is 0 Å². The highest BCUT2D eigenvalue weighted by atomic mass is 14.9. The molecule has 0 aliphatic heterocycles. The van der Waals surface area contributed by atoms with E-state index in [2.05, 4.69) is 146 Å². The van der Waals surface area contributed by atoms with Gasteiger partial charge in [-0.2, -0.15) is 0 Å². The molecule has 7 rings (SSSR count). The maximum atomic E-state index is 5.18. The molecule has 1 heterocycles. The zero-order valence-corrected chi connectivity index (χ0v) is 23.1. The molecule has 6 aromatic carbocycles. The van der Waals surface area contributed by atoms with E-state index in [0.717, 1.165) is 44.6 Å². The summed E-state index contributed by atoms with van der Waals surface area (Å²) in [6.45, 7) is 0. The number of rotatable bonds is 6. The molecule has 2 nitrogen and oxygen atoms in total. The highest BCUT2D eigenvalue weighted by Crippen LogP contribution is 2.38. The normalized spacial score (nSPS) is 10.9. The Bertz CT molecular complexity index is 1810. The van der Waals surface area contributed by atoms with Gasteiger partial charge in [-0.05, 0) is 68.8 Å². The summed E-state index contributed by atoms with van der Waals surface area (Å²) in [5.74, 6) is 0.706. The minimum atomic E-state index is 0.706. The summed E-state index contributed by atoms with van der Waals surface area (Å²) in [4.78, 5) is 9.96. The minimum absolute atomic E-state index is 0.706. The lowest BCUT2D eigenvalue weighted by Crippen LogP contribution is -1.96. The van der Waals surface area contributed by atoms with E-state index in [4.69, 9.17) is 9.97 Å². The Morgan fingerprint density at radius 1 is 0.310 bits per heavy atom. The maximum absolute atomic E-state index is 5.18. The van der Waals surface area contributed by atoms with Crippen LogP contribution in [0.2, 0.25) is 0 Å². The molecule has 1 aromatic heterocycles. The van der Waals surface area contributed by atoms with Gasteiger partial charge in [0.25, 0.3) is 0 Å². The third kappa shape index (κ3) is 5.14. The van der Waals surface area contributed by atoms with Crippen molar-refractivity contribution in [3.63, 3.8) is 0 Å². The van der Waals surface area contributed by atoms with Crippen LogP contribution in [0.15, 0.2) is 170 Å². The number of aromatic nitrogens is 2. The predicted octanol–water partition coefficient (Wildman–Crippen LogP) is 10.5. The van der Waals surface area contributed by atoms with Crippen molar-refractivity contribution in [1.82, 2.24) is 9.97 Å². The van der Waals surface area contributed by atoms with Crippen LogP contribution in [-0.4, -0.2) is 9.97 Å². The summed E-state index contributed by atoms with van der Waals surface area (Å²) in [6, 6.07) is 57.2. The van der Waals surface area contributed by atoms with Crippen LogP contribution < -0.4 is 0 Å². The molecule has 2 heteroatoms. The van der Waals surface area contributed by atoms with Crippen molar-refractivity contribution in [2.75, 3.05) is 0 Å². The van der Waals surface area contributed by atoms with Gasteiger partial charge in [0.1, 0.15) is 0 Å². The standard InChI is InChI=1S/C40H28N2/c1-5-13-29(14-6-1)33-21-23-35(37(27-33)31-17-9-3-10-18-31)39-25-26-41-40(42-39)36-24-22-34(30-15-7-2-8-16-30)28-38(36)32-19-11-4-12-20-32/h1-28H. The van der Waals surface area contributed by atoms with E-state index in [1.165, 1.54) is 16.7 Å². The van der Waals surface area contributed by atoms with Gasteiger partial charge >= 0.3 is 0 Å². The number of hydrogen-bond donors (Lipinski definition) is 0. The summed E-state index contributed by atoms with van der Waals surface area (Å²) in [7, 11) is 0. The highest BCUT2D eigenvalue weighted by molar-refractivity contribution is 5.88. The highest BCUT2D eigenvalue weighted by Gasteiger charge is 2.15. The molecule has 0 radical (unpaired) electrons. The largest absolute Gasteiger partial charge is 0.237 e. The average Bonchev–Trinajstić information content (AvgIpc) is 3.09. The van der Waals surface area contributed by atoms with Gasteiger partial charge in [0.05, 0.1) is 5.69 Å². The Hall–Kier alpha value is -5.60. The summed E-state index contributed by atoms with van der Waals surface area (Å²) >= 11 is 0. The van der Waals surface area contributed by atoms with E-state index in [9.17, 15) is 0 Å². The summed E-state index contributed by atoms with van der Waals surface area (Å²) in [6.07, 6.45) is 1.87. The summed E-state index contributed by atoms with van der Waals surface area (Å²) < 4.78 is 0. The molecular formula is C40H28N2. The molecule has 0 atom stereocenters. The summed E-state index contributed by atoms with van der Waals surface area (Å²) in [5.41, 5.74) is 12.2. The van der Waals surface area contributed by atoms with Crippen molar-refractivity contribution in [3.8, 4) is 67.2 Å². The molecular weight excluding hydrogens is 508 g/mol. The first-order valence-electron chi connectivity index (χ1n) is 14.2. The van der Waals surface area contributed by atoms with Gasteiger partial charge in [-0.3, -0.25) is 0 Å². The predicted molar refractivity (Wildman–Crippen MR) is 175 cm³/mol. The lowest BCUT2D eigenvalue weighted by Gasteiger charge is -2.15. The number of nitrogens with zero attached hydrogens (tertiary/aromatic N) is 2. The van der Waals surface area contributed by atoms with Gasteiger partial charge in [0, 0.05) is 17.3 Å². The lowest BCUT2D eigenvalue weighted by molar-refractivity contribution is 1.18. The van der Waals surface area contributed by atoms with Crippen LogP contribution in [0, 0.1) is 0 Å². The Balaban J connectivity index is 1.37. The van der Waals surface area contributed by atoms with Crippen LogP contribution in [0.5, 0.6) is 0 Å². The first-order valence-corrected chi connectivity index (χ1v) is 14.2. The fourth-order valence-electron chi connectivity index (χ4n) is 5.48. The lowest BCUT2D eigenvalue weighted by atomic mass is 9.92. The van der Waals surface area contributed by atoms with E-state index in [0.29, 0.717) is 5.82 Å². The van der Waals surface area contributed by atoms with Crippen molar-refractivity contribution in [2.45, 2.75) is 0 Å². The van der Waals surface area contributed by atoms with Gasteiger partial charge in [-0.25, -0.2) is 9.97 Å². The van der Waals surface area contributed by atoms with E-state index in [-0.39, 0.29) is 0 Å². The molecule has 42 heavy (non-hydrogen) atoms. The fourth-order valence-corrected chi connectivity index (χ4v) is 5.48. The quantitative estimate of drug-likeness (QED) is 0.211. The second kappa shape index (κ2) is 11.5. The average molecular weight is 537 g/mol. The molecule has 0 fully saturated rings. The molecule has 0 unspecified atom stereocenters. The zero-order chi connectivity index (χ0) is 28.1. The molecule has 0 saturated heterocycles. The van der Waals surface area contributed by atoms with E-state index < -0.39 is 0 Å². The number of benzene rings is 6. The van der Waals surface area contributed by atoms with Crippen molar-refractivity contribution in [3.05, 3.63) is 170 Å². The van der Waals surface area contributed by atoms with Gasteiger partial charge in [0.15, 0.2) is 5.82 Å². The minimum Gasteiger partial charge on any atom is -0.237 e. The van der Waals surface area contributed by atoms with Crippen molar-refractivity contribution >= 4 is 0 Å². The van der Waals surface area contributed by atoms with Crippen LogP contribution >= 0.6 is 0 Å². The molecule has 0 aliphatic carbocycles. The van der Waals surface area contributed by atoms with Gasteiger partial charge in [0.2, 0.25) is 0 Å². The topological polar surface area (TPSA) is 25.8 Å². The Labute approximate surface area is 246 Å². The molecule has 0 spiro atoms. The number of hydrogen-bond acceptors (Lipinski definition) is 2. The van der Waals surface area contributed by atoms with Crippen molar-refractivity contribution in [2.24, 2.45) is 0 Å². The third-order valence-corrected chi connectivity index (χ3v) is 7.60. The van der Waals surface area contributed by atoms with Crippen molar-refractivity contribution in [1.29, 1.82) is 0 Å². The van der Waals surface area contributed by atoms with E-state index in [1.807, 2.05) is 24.4 Å². The van der Waals surface area contributed by atoms with Crippen LogP contribution in [0.1, 0.15) is 0 Å². The van der Waals surface area contributed by atoms with E-state index in [1.54, 1.807) is 0 Å². The molecule has 198 valence electrons. The van der Waals surface area contributed by atoms with Gasteiger partial charge in [-0.1, -0.05) is 140 Å². The zero-order valence-electron chi connectivity index (χ0n) is 23.1. The van der Waals surface area contributed by atoms with Crippen LogP contribution in [0.3, 0.4) is 0 Å².